The van der Waals surface area contributed by atoms with Crippen molar-refractivity contribution in [2.24, 2.45) is 34.5 Å². The molecule has 0 amide bonds. The van der Waals surface area contributed by atoms with E-state index in [9.17, 15) is 44.0 Å². The zero-order chi connectivity index (χ0) is 39.6. The van der Waals surface area contributed by atoms with E-state index in [0.717, 1.165) is 60.1 Å². The largest absolute Gasteiger partial charge is 0.508 e. The maximum absolute atomic E-state index is 12.2. The summed E-state index contributed by atoms with van der Waals surface area (Å²) in [7, 11) is -15.2. The fourth-order valence-electron chi connectivity index (χ4n) is 10.9. The summed E-state index contributed by atoms with van der Waals surface area (Å²) in [6.45, 7) is 12.7. The normalized spacial score (nSPS) is 32.7. The molecule has 4 N–H and O–H groups in total. The SMILES string of the molecule is C=C(C)[C@@H](CC[C@@H](C)[C@H]1CC[C@H]2C3=C(CC[C@]12C)[C@@]1(C)C[C@H](OS(=O)(=O)O)[C@H](OS(=O)(=O)O)C[C@@H]1[C@@H](OS(=O)(=O)O)C3)n1cncc1-c1ccc(O)cc1. The second-order valence-corrected chi connectivity index (χ2v) is 19.4. The Bertz CT molecular complexity index is 2120. The molecule has 2 saturated carbocycles. The van der Waals surface area contributed by atoms with E-state index in [0.29, 0.717) is 18.3 Å². The molecule has 1 heterocycles. The van der Waals surface area contributed by atoms with E-state index in [1.807, 2.05) is 32.3 Å². The molecule has 10 atom stereocenters. The van der Waals surface area contributed by atoms with E-state index < -0.39 is 60.8 Å². The predicted octanol–water partition coefficient (Wildman–Crippen LogP) is 6.30. The zero-order valence-corrected chi connectivity index (χ0v) is 33.2. The first-order valence-corrected chi connectivity index (χ1v) is 22.2. The van der Waals surface area contributed by atoms with Crippen LogP contribution in [0.2, 0.25) is 0 Å². The summed E-state index contributed by atoms with van der Waals surface area (Å²) in [5.74, 6) is 0.0177. The molecule has 4 aliphatic rings. The Morgan fingerprint density at radius 3 is 2.17 bits per heavy atom. The minimum atomic E-state index is -5.12. The van der Waals surface area contributed by atoms with Gasteiger partial charge in [0, 0.05) is 5.56 Å². The van der Waals surface area contributed by atoms with Crippen molar-refractivity contribution in [1.29, 1.82) is 0 Å². The average Bonchev–Trinajstić information content (AvgIpc) is 3.65. The van der Waals surface area contributed by atoms with Crippen LogP contribution >= 0.6 is 0 Å². The van der Waals surface area contributed by atoms with Gasteiger partial charge >= 0.3 is 31.2 Å². The number of aromatic nitrogens is 2. The third kappa shape index (κ3) is 8.37. The molecule has 0 aliphatic heterocycles. The van der Waals surface area contributed by atoms with Crippen LogP contribution in [0.4, 0.5) is 0 Å². The fourth-order valence-corrected chi connectivity index (χ4v) is 12.4. The molecular formula is C36H50N2O13S3. The quantitative estimate of drug-likeness (QED) is 0.129. The molecular weight excluding hydrogens is 765 g/mol. The van der Waals surface area contributed by atoms with Crippen LogP contribution in [0.5, 0.6) is 5.75 Å². The third-order valence-electron chi connectivity index (χ3n) is 13.1. The Morgan fingerprint density at radius 2 is 1.56 bits per heavy atom. The smallest absolute Gasteiger partial charge is 0.397 e. The highest BCUT2D eigenvalue weighted by Gasteiger charge is 2.61. The first kappa shape index (κ1) is 41.0. The topological polar surface area (TPSA) is 229 Å². The molecule has 0 saturated heterocycles. The number of imidazole rings is 1. The Hall–Kier alpha value is -2.68. The van der Waals surface area contributed by atoms with Gasteiger partial charge in [-0.2, -0.15) is 25.3 Å². The Morgan fingerprint density at radius 1 is 0.944 bits per heavy atom. The first-order chi connectivity index (χ1) is 25.0. The minimum absolute atomic E-state index is 0.0178. The molecule has 0 unspecified atom stereocenters. The van der Waals surface area contributed by atoms with Crippen molar-refractivity contribution in [2.45, 2.75) is 110 Å². The van der Waals surface area contributed by atoms with Gasteiger partial charge < -0.3 is 9.67 Å². The first-order valence-electron chi connectivity index (χ1n) is 18.1. The highest BCUT2D eigenvalue weighted by Crippen LogP contribution is 2.66. The Labute approximate surface area is 317 Å². The number of aromatic hydroxyl groups is 1. The number of nitrogens with zero attached hydrogens (tertiary/aromatic N) is 2. The number of phenols is 1. The van der Waals surface area contributed by atoms with Crippen molar-refractivity contribution >= 4 is 31.2 Å². The van der Waals surface area contributed by atoms with Crippen molar-refractivity contribution < 1.29 is 56.6 Å². The fraction of sp³-hybridized carbons (Fsp3) is 0.639. The number of hydrogen-bond acceptors (Lipinski definition) is 11. The summed E-state index contributed by atoms with van der Waals surface area (Å²) in [4.78, 5) is 4.43. The number of allylic oxidation sites excluding steroid dienone is 2. The van der Waals surface area contributed by atoms with Crippen LogP contribution in [0.3, 0.4) is 0 Å². The van der Waals surface area contributed by atoms with Gasteiger partial charge in [0.25, 0.3) is 0 Å². The van der Waals surface area contributed by atoms with Crippen molar-refractivity contribution in [2.75, 3.05) is 0 Å². The number of benzene rings is 1. The van der Waals surface area contributed by atoms with E-state index >= 15 is 0 Å². The van der Waals surface area contributed by atoms with E-state index in [2.05, 4.69) is 30.0 Å². The average molecular weight is 815 g/mol. The predicted molar refractivity (Wildman–Crippen MR) is 197 cm³/mol. The lowest BCUT2D eigenvalue weighted by atomic mass is 9.49. The Kier molecular flexibility index (Phi) is 11.1. The lowest BCUT2D eigenvalue weighted by Gasteiger charge is -2.57. The van der Waals surface area contributed by atoms with Crippen LogP contribution in [-0.2, 0) is 43.7 Å². The number of phenolic OH excluding ortho intramolecular Hbond substituents is 1. The Balaban J connectivity index is 1.28. The van der Waals surface area contributed by atoms with Crippen molar-refractivity contribution in [3.05, 3.63) is 60.1 Å². The van der Waals surface area contributed by atoms with E-state index in [-0.39, 0.29) is 42.4 Å². The van der Waals surface area contributed by atoms with Gasteiger partial charge in [0.15, 0.2) is 0 Å². The van der Waals surface area contributed by atoms with E-state index in [1.54, 1.807) is 18.3 Å². The number of hydrogen-bond donors (Lipinski definition) is 4. The lowest BCUT2D eigenvalue weighted by molar-refractivity contribution is -0.0872. The molecule has 4 aliphatic carbocycles. The third-order valence-corrected chi connectivity index (χ3v) is 14.6. The van der Waals surface area contributed by atoms with Crippen LogP contribution in [0.1, 0.15) is 91.5 Å². The second kappa shape index (κ2) is 14.7. The van der Waals surface area contributed by atoms with Gasteiger partial charge in [-0.15, -0.1) is 0 Å². The monoisotopic (exact) mass is 814 g/mol. The van der Waals surface area contributed by atoms with Gasteiger partial charge in [-0.25, -0.2) is 17.5 Å². The zero-order valence-electron chi connectivity index (χ0n) is 30.7. The van der Waals surface area contributed by atoms with Crippen LogP contribution in [-0.4, -0.2) is 71.9 Å². The standard InChI is InChI=1S/C36H50N2O13S3/c1-21(2)30(38-20-37-19-31(38)23-7-9-24(39)10-8-23)13-6-22(3)26-11-12-27-25-16-32(49-52(40,41)42)29-17-33(50-53(43,44)45)34(51-54(46,47)48)18-36(29,5)28(25)14-15-35(26,27)4/h7-10,19-20,22,26-27,29-30,32-34,39H,1,6,11-18H2,2-5H3,(H,40,41,42)(H,43,44,45)(H,46,47,48)/t22-,26-,27+,29-,30-,32+,33-,34+,35-,36-/m1/s1. The van der Waals surface area contributed by atoms with Crippen LogP contribution < -0.4 is 0 Å². The highest BCUT2D eigenvalue weighted by molar-refractivity contribution is 7.81. The minimum Gasteiger partial charge on any atom is -0.508 e. The molecule has 18 heteroatoms. The summed E-state index contributed by atoms with van der Waals surface area (Å²) in [6, 6.07) is 6.98. The summed E-state index contributed by atoms with van der Waals surface area (Å²) in [6.07, 6.45) is 3.76. The lowest BCUT2D eigenvalue weighted by Crippen LogP contribution is -2.56. The van der Waals surface area contributed by atoms with Gasteiger partial charge in [0.1, 0.15) is 18.0 Å². The van der Waals surface area contributed by atoms with Crippen molar-refractivity contribution in [1.82, 2.24) is 9.55 Å². The summed E-state index contributed by atoms with van der Waals surface area (Å²) in [5.41, 5.74) is 3.63. The maximum atomic E-state index is 12.2. The van der Waals surface area contributed by atoms with Crippen molar-refractivity contribution in [3.63, 3.8) is 0 Å². The number of fused-ring (bicyclic) bond motifs is 4. The van der Waals surface area contributed by atoms with Gasteiger partial charge in [-0.05, 0) is 123 Å². The molecule has 1 aromatic carbocycles. The van der Waals surface area contributed by atoms with Crippen molar-refractivity contribution in [3.8, 4) is 17.0 Å². The van der Waals surface area contributed by atoms with Crippen LogP contribution in [0.15, 0.2) is 60.1 Å². The second-order valence-electron chi connectivity index (χ2n) is 16.3. The molecule has 6 rings (SSSR count). The maximum Gasteiger partial charge on any atom is 0.397 e. The van der Waals surface area contributed by atoms with Crippen LogP contribution in [0.25, 0.3) is 11.3 Å². The molecule has 1 aromatic heterocycles. The van der Waals surface area contributed by atoms with Crippen LogP contribution in [0, 0.1) is 34.5 Å². The van der Waals surface area contributed by atoms with E-state index in [1.165, 1.54) is 0 Å². The number of rotatable bonds is 13. The van der Waals surface area contributed by atoms with Gasteiger partial charge in [0.2, 0.25) is 0 Å². The highest BCUT2D eigenvalue weighted by atomic mass is 32.3. The van der Waals surface area contributed by atoms with Gasteiger partial charge in [-0.1, -0.05) is 44.1 Å². The summed E-state index contributed by atoms with van der Waals surface area (Å²) in [5, 5.41) is 9.81. The molecule has 300 valence electrons. The molecule has 0 spiro atoms. The van der Waals surface area contributed by atoms with E-state index in [4.69, 9.17) is 12.5 Å². The summed E-state index contributed by atoms with van der Waals surface area (Å²) >= 11 is 0. The molecule has 0 bridgehead atoms. The van der Waals surface area contributed by atoms with Gasteiger partial charge in [0.05, 0.1) is 30.4 Å². The van der Waals surface area contributed by atoms with Gasteiger partial charge in [-0.3, -0.25) is 13.7 Å². The molecule has 54 heavy (non-hydrogen) atoms. The molecule has 2 aromatic rings. The molecule has 2 fully saturated rings. The molecule has 15 nitrogen and oxygen atoms in total. The summed E-state index contributed by atoms with van der Waals surface area (Å²) < 4.78 is 118. The molecule has 0 radical (unpaired) electrons.